The van der Waals surface area contributed by atoms with E-state index in [1.54, 1.807) is 0 Å². The van der Waals surface area contributed by atoms with Crippen LogP contribution in [-0.4, -0.2) is 49.7 Å². The van der Waals surface area contributed by atoms with Crippen LogP contribution in [0.2, 0.25) is 0 Å². The van der Waals surface area contributed by atoms with Crippen LogP contribution in [0.3, 0.4) is 0 Å². The van der Waals surface area contributed by atoms with Gasteiger partial charge in [0, 0.05) is 91.4 Å². The molecule has 3 aromatic heterocycles. The van der Waals surface area contributed by atoms with Crippen LogP contribution in [0.25, 0.3) is 0 Å². The molecule has 3 aliphatic rings. The molecule has 69 heavy (non-hydrogen) atoms. The molecule has 0 bridgehead atoms. The van der Waals surface area contributed by atoms with Gasteiger partial charge in [-0.15, -0.1) is 0 Å². The summed E-state index contributed by atoms with van der Waals surface area (Å²) >= 11 is 0. The minimum absolute atomic E-state index is 0.576. The topological polar surface area (TPSA) is 105 Å². The lowest BCUT2D eigenvalue weighted by molar-refractivity contribution is 0.116. The zero-order chi connectivity index (χ0) is 49.0. The van der Waals surface area contributed by atoms with Crippen molar-refractivity contribution in [1.82, 2.24) is 29.9 Å². The predicted molar refractivity (Wildman–Crippen MR) is 286 cm³/mol. The van der Waals surface area contributed by atoms with E-state index in [1.165, 1.54) is 173 Å². The molecule has 390 valence electrons. The van der Waals surface area contributed by atoms with E-state index in [-0.39, 0.29) is 0 Å². The molecule has 0 atom stereocenters. The molecule has 0 N–H and O–H groups in total. The Morgan fingerprint density at radius 3 is 0.870 bits per heavy atom. The van der Waals surface area contributed by atoms with E-state index in [0.717, 1.165) is 91.0 Å². The van der Waals surface area contributed by atoms with Gasteiger partial charge < -0.3 is 14.2 Å². The van der Waals surface area contributed by atoms with E-state index in [0.29, 0.717) is 37.6 Å². The normalized spacial score (nSPS) is 21.5. The van der Waals surface area contributed by atoms with Gasteiger partial charge in [-0.3, -0.25) is 0 Å². The average Bonchev–Trinajstić information content (AvgIpc) is 3.40. The fourth-order valence-corrected chi connectivity index (χ4v) is 10.5. The lowest BCUT2D eigenvalue weighted by Crippen LogP contribution is -2.15. The molecule has 3 heterocycles. The highest BCUT2D eigenvalue weighted by Crippen LogP contribution is 2.38. The van der Waals surface area contributed by atoms with Crippen LogP contribution in [0.4, 0.5) is 0 Å². The first-order valence-electron chi connectivity index (χ1n) is 29.1. The monoisotopic (exact) mass is 955 g/mol. The van der Waals surface area contributed by atoms with Crippen LogP contribution in [0.15, 0.2) is 37.2 Å². The molecule has 3 saturated carbocycles. The van der Waals surface area contributed by atoms with E-state index in [2.05, 4.69) is 71.4 Å². The molecule has 3 aliphatic carbocycles. The van der Waals surface area contributed by atoms with E-state index in [4.69, 9.17) is 14.2 Å². The lowest BCUT2D eigenvalue weighted by Gasteiger charge is -2.27. The smallest absolute Gasteiger partial charge is 0.131 e. The maximum Gasteiger partial charge on any atom is 0.131 e. The van der Waals surface area contributed by atoms with E-state index >= 15 is 0 Å². The van der Waals surface area contributed by atoms with Gasteiger partial charge in [-0.2, -0.15) is 0 Å². The quantitative estimate of drug-likeness (QED) is 0.0604. The standard InChI is InChI=1S/C21H36N2O.C20H34N2O.C19H32N2O/c1-3-5-7-8-14-24-17-19-15-22-21(23-16-19)20-12-10-18(11-13-20)9-6-4-2;1-3-5-7-13-23-16-18-14-21-20(22-15-18)19-11-9-17(10-12-19)8-6-4-2;1-3-5-7-16-8-10-18(11-9-16)19-20-13-17(14-21-19)15-22-12-6-4-2/h15-16,18,20H,3-14,17H2,1-2H3;14-15,17,19H,3-13,16H2,1-2H3;13-14,16,18H,3-12,15H2,1-2H3. The SMILES string of the molecule is CCCCCCOCc1cnc(C2CCC(CCCC)CC2)nc1.CCCCCOCc1cnc(C2CCC(CCCC)CC2)nc1.CCCCOCc1cnc(C2CCC(CCCC)CC2)nc1. The van der Waals surface area contributed by atoms with Gasteiger partial charge in [-0.1, -0.05) is 138 Å². The Bertz CT molecular complexity index is 1620. The van der Waals surface area contributed by atoms with E-state index in [1.807, 2.05) is 37.2 Å². The minimum Gasteiger partial charge on any atom is -0.377 e. The first-order valence-corrected chi connectivity index (χ1v) is 29.1. The number of hydrogen-bond donors (Lipinski definition) is 0. The Kier molecular flexibility index (Phi) is 32.2. The van der Waals surface area contributed by atoms with Crippen LogP contribution in [0.5, 0.6) is 0 Å². The molecule has 3 aromatic rings. The lowest BCUT2D eigenvalue weighted by atomic mass is 9.79. The van der Waals surface area contributed by atoms with Crippen molar-refractivity contribution in [3.8, 4) is 0 Å². The van der Waals surface area contributed by atoms with Crippen molar-refractivity contribution >= 4 is 0 Å². The molecule has 9 heteroatoms. The van der Waals surface area contributed by atoms with E-state index in [9.17, 15) is 0 Å². The highest BCUT2D eigenvalue weighted by molar-refractivity contribution is 5.09. The van der Waals surface area contributed by atoms with E-state index < -0.39 is 0 Å². The van der Waals surface area contributed by atoms with Crippen LogP contribution >= 0.6 is 0 Å². The van der Waals surface area contributed by atoms with Gasteiger partial charge in [0.15, 0.2) is 0 Å². The first-order chi connectivity index (χ1) is 34.0. The van der Waals surface area contributed by atoms with Gasteiger partial charge in [0.25, 0.3) is 0 Å². The third-order valence-corrected chi connectivity index (χ3v) is 15.2. The zero-order valence-corrected chi connectivity index (χ0v) is 45.3. The van der Waals surface area contributed by atoms with Gasteiger partial charge in [0.2, 0.25) is 0 Å². The summed E-state index contributed by atoms with van der Waals surface area (Å²) in [5.74, 6) is 7.72. The summed E-state index contributed by atoms with van der Waals surface area (Å²) in [6.45, 7) is 18.0. The van der Waals surface area contributed by atoms with Crippen molar-refractivity contribution in [2.24, 2.45) is 17.8 Å². The summed E-state index contributed by atoms with van der Waals surface area (Å²) in [4.78, 5) is 27.7. The minimum atomic E-state index is 0.576. The van der Waals surface area contributed by atoms with Gasteiger partial charge >= 0.3 is 0 Å². The van der Waals surface area contributed by atoms with Crippen molar-refractivity contribution in [1.29, 1.82) is 0 Å². The number of hydrogen-bond acceptors (Lipinski definition) is 9. The molecule has 3 fully saturated rings. The molecule has 0 unspecified atom stereocenters. The largest absolute Gasteiger partial charge is 0.377 e. The Balaban J connectivity index is 0.000000226. The van der Waals surface area contributed by atoms with Crippen molar-refractivity contribution in [2.45, 2.75) is 272 Å². The number of ether oxygens (including phenoxy) is 3. The third kappa shape index (κ3) is 24.9. The maximum absolute atomic E-state index is 5.72. The van der Waals surface area contributed by atoms with Crippen LogP contribution in [0.1, 0.15) is 286 Å². The van der Waals surface area contributed by atoms with Crippen molar-refractivity contribution in [2.75, 3.05) is 19.8 Å². The number of nitrogens with zero attached hydrogens (tertiary/aromatic N) is 6. The average molecular weight is 956 g/mol. The maximum atomic E-state index is 5.72. The number of unbranched alkanes of at least 4 members (excludes halogenated alkanes) is 9. The molecule has 0 saturated heterocycles. The molecule has 0 amide bonds. The second-order valence-electron chi connectivity index (χ2n) is 21.2. The third-order valence-electron chi connectivity index (χ3n) is 15.2. The van der Waals surface area contributed by atoms with Gasteiger partial charge in [0.1, 0.15) is 17.5 Å². The van der Waals surface area contributed by atoms with Crippen LogP contribution < -0.4 is 0 Å². The fourth-order valence-electron chi connectivity index (χ4n) is 10.5. The fraction of sp³-hybridized carbons (Fsp3) is 0.800. The van der Waals surface area contributed by atoms with Crippen LogP contribution in [0, 0.1) is 17.8 Å². The Labute approximate surface area is 423 Å². The van der Waals surface area contributed by atoms with Gasteiger partial charge in [-0.05, 0) is 114 Å². The summed E-state index contributed by atoms with van der Waals surface area (Å²) in [5.41, 5.74) is 3.30. The molecular formula is C60H102N6O3. The highest BCUT2D eigenvalue weighted by Gasteiger charge is 2.26. The summed E-state index contributed by atoms with van der Waals surface area (Å²) in [6, 6.07) is 0. The molecule has 0 aliphatic heterocycles. The Hall–Kier alpha value is -2.88. The number of rotatable bonds is 30. The van der Waals surface area contributed by atoms with Crippen molar-refractivity contribution < 1.29 is 14.2 Å². The van der Waals surface area contributed by atoms with Gasteiger partial charge in [0.05, 0.1) is 19.8 Å². The predicted octanol–water partition coefficient (Wildman–Crippen LogP) is 16.9. The molecule has 0 spiro atoms. The molecule has 6 rings (SSSR count). The summed E-state index contributed by atoms with van der Waals surface area (Å²) in [6.07, 6.45) is 50.8. The molecule has 0 aromatic carbocycles. The molecule has 0 radical (unpaired) electrons. The Morgan fingerprint density at radius 1 is 0.319 bits per heavy atom. The molecule has 9 nitrogen and oxygen atoms in total. The second-order valence-corrected chi connectivity index (χ2v) is 21.2. The Morgan fingerprint density at radius 2 is 0.580 bits per heavy atom. The van der Waals surface area contributed by atoms with Gasteiger partial charge in [-0.25, -0.2) is 29.9 Å². The highest BCUT2D eigenvalue weighted by atomic mass is 16.5. The van der Waals surface area contributed by atoms with Crippen molar-refractivity contribution in [3.05, 3.63) is 71.3 Å². The van der Waals surface area contributed by atoms with Crippen LogP contribution in [-0.2, 0) is 34.0 Å². The molecular weight excluding hydrogens is 853 g/mol. The summed E-state index contributed by atoms with van der Waals surface area (Å²) in [7, 11) is 0. The second kappa shape index (κ2) is 37.8. The zero-order valence-electron chi connectivity index (χ0n) is 45.3. The van der Waals surface area contributed by atoms with Crippen molar-refractivity contribution in [3.63, 3.8) is 0 Å². The summed E-state index contributed by atoms with van der Waals surface area (Å²) in [5, 5.41) is 0. The first kappa shape index (κ1) is 58.7. The summed E-state index contributed by atoms with van der Waals surface area (Å²) < 4.78 is 17.0. The number of aromatic nitrogens is 6.